The van der Waals surface area contributed by atoms with Crippen molar-refractivity contribution in [3.63, 3.8) is 0 Å². The van der Waals surface area contributed by atoms with E-state index >= 15 is 0 Å². The van der Waals surface area contributed by atoms with E-state index in [-0.39, 0.29) is 18.6 Å². The number of nitrogens with zero attached hydrogens (tertiary/aromatic N) is 1. The van der Waals surface area contributed by atoms with E-state index in [1.165, 1.54) is 0 Å². The number of hydrogen-bond acceptors (Lipinski definition) is 4. The van der Waals surface area contributed by atoms with Crippen LogP contribution >= 0.6 is 0 Å². The summed E-state index contributed by atoms with van der Waals surface area (Å²) in [6.07, 6.45) is 2.22. The first kappa shape index (κ1) is 13.9. The second-order valence-electron chi connectivity index (χ2n) is 4.17. The zero-order chi connectivity index (χ0) is 12.7. The van der Waals surface area contributed by atoms with Crippen LogP contribution in [0.15, 0.2) is 0 Å². The van der Waals surface area contributed by atoms with Gasteiger partial charge in [0.15, 0.2) is 0 Å². The number of likely N-dealkylation sites (tertiary alicyclic amines) is 1. The number of carbonyl (C=O) groups is 2. The van der Waals surface area contributed by atoms with Crippen LogP contribution in [0.3, 0.4) is 0 Å². The largest absolute Gasteiger partial charge is 0.480 e. The Morgan fingerprint density at radius 1 is 1.41 bits per heavy atom. The van der Waals surface area contributed by atoms with Crippen molar-refractivity contribution in [3.8, 4) is 0 Å². The molecule has 0 radical (unpaired) electrons. The number of carbonyl (C=O) groups excluding carboxylic acids is 1. The first-order valence-electron chi connectivity index (χ1n) is 5.88. The van der Waals surface area contributed by atoms with Gasteiger partial charge in [-0.3, -0.25) is 4.79 Å². The van der Waals surface area contributed by atoms with Crippen LogP contribution in [0.1, 0.15) is 19.3 Å². The molecule has 1 aliphatic rings. The second-order valence-corrected chi connectivity index (χ2v) is 4.17. The molecule has 1 saturated heterocycles. The van der Waals surface area contributed by atoms with Gasteiger partial charge in [-0.1, -0.05) is 0 Å². The molecule has 6 heteroatoms. The summed E-state index contributed by atoms with van der Waals surface area (Å²) in [7, 11) is 1.63. The van der Waals surface area contributed by atoms with E-state index in [2.05, 4.69) is 10.2 Å². The predicted octanol–water partition coefficient (Wildman–Crippen LogP) is -0.312. The Balaban J connectivity index is 2.13. The van der Waals surface area contributed by atoms with Crippen LogP contribution in [-0.4, -0.2) is 61.3 Å². The van der Waals surface area contributed by atoms with Gasteiger partial charge in [-0.2, -0.15) is 0 Å². The van der Waals surface area contributed by atoms with Crippen LogP contribution in [0.5, 0.6) is 0 Å². The number of ether oxygens (including phenoxy) is 1. The summed E-state index contributed by atoms with van der Waals surface area (Å²) >= 11 is 0. The third kappa shape index (κ3) is 5.65. The number of rotatable bonds is 6. The number of hydrogen-bond donors (Lipinski definition) is 2. The quantitative estimate of drug-likeness (QED) is 0.670. The molecule has 1 rings (SSSR count). The molecule has 0 atom stereocenters. The van der Waals surface area contributed by atoms with Crippen molar-refractivity contribution >= 4 is 11.9 Å². The van der Waals surface area contributed by atoms with E-state index in [0.717, 1.165) is 32.5 Å². The van der Waals surface area contributed by atoms with Crippen molar-refractivity contribution < 1.29 is 19.4 Å². The summed E-state index contributed by atoms with van der Waals surface area (Å²) in [6, 6.07) is 0. The molecule has 1 aliphatic heterocycles. The lowest BCUT2D eigenvalue weighted by Crippen LogP contribution is -2.39. The Morgan fingerprint density at radius 2 is 2.06 bits per heavy atom. The van der Waals surface area contributed by atoms with Crippen molar-refractivity contribution in [1.29, 1.82) is 0 Å². The lowest BCUT2D eigenvalue weighted by Gasteiger charge is -2.31. The van der Waals surface area contributed by atoms with Crippen LogP contribution in [0.4, 0.5) is 0 Å². The minimum absolute atomic E-state index is 0.0438. The molecule has 1 fully saturated rings. The Kier molecular flexibility index (Phi) is 5.93. The predicted molar refractivity (Wildman–Crippen MR) is 61.7 cm³/mol. The fourth-order valence-electron chi connectivity index (χ4n) is 1.87. The van der Waals surface area contributed by atoms with Crippen molar-refractivity contribution in [3.05, 3.63) is 0 Å². The van der Waals surface area contributed by atoms with Crippen molar-refractivity contribution in [1.82, 2.24) is 10.2 Å². The number of carboxylic acids is 1. The highest BCUT2D eigenvalue weighted by molar-refractivity contribution is 5.75. The molecule has 0 bridgehead atoms. The van der Waals surface area contributed by atoms with Gasteiger partial charge in [-0.15, -0.1) is 0 Å². The van der Waals surface area contributed by atoms with Crippen LogP contribution in [-0.2, 0) is 14.3 Å². The van der Waals surface area contributed by atoms with Gasteiger partial charge in [-0.25, -0.2) is 4.79 Å². The zero-order valence-corrected chi connectivity index (χ0v) is 10.1. The zero-order valence-electron chi connectivity index (χ0n) is 10.1. The maximum absolute atomic E-state index is 11.1. The van der Waals surface area contributed by atoms with Crippen molar-refractivity contribution in [2.24, 2.45) is 0 Å². The van der Waals surface area contributed by atoms with Gasteiger partial charge in [-0.05, 0) is 12.8 Å². The summed E-state index contributed by atoms with van der Waals surface area (Å²) in [5.41, 5.74) is 0. The lowest BCUT2D eigenvalue weighted by molar-refractivity contribution is -0.145. The summed E-state index contributed by atoms with van der Waals surface area (Å²) in [4.78, 5) is 23.6. The summed E-state index contributed by atoms with van der Waals surface area (Å²) in [5.74, 6) is -0.874. The van der Waals surface area contributed by atoms with Gasteiger partial charge in [0.2, 0.25) is 5.91 Å². The number of carboxylic acid groups (broad SMARTS) is 1. The molecule has 0 aromatic rings. The van der Waals surface area contributed by atoms with E-state index in [1.54, 1.807) is 7.05 Å². The second kappa shape index (κ2) is 7.24. The van der Waals surface area contributed by atoms with Gasteiger partial charge in [0, 0.05) is 33.1 Å². The smallest absolute Gasteiger partial charge is 0.329 e. The van der Waals surface area contributed by atoms with E-state index in [0.29, 0.717) is 6.42 Å². The fourth-order valence-corrected chi connectivity index (χ4v) is 1.87. The van der Waals surface area contributed by atoms with Gasteiger partial charge >= 0.3 is 5.97 Å². The number of amides is 1. The average molecular weight is 244 g/mol. The summed E-state index contributed by atoms with van der Waals surface area (Å²) in [5, 5.41) is 11.1. The molecule has 17 heavy (non-hydrogen) atoms. The van der Waals surface area contributed by atoms with Crippen LogP contribution in [0.2, 0.25) is 0 Å². The lowest BCUT2D eigenvalue weighted by atomic mass is 10.1. The molecule has 98 valence electrons. The normalized spacial score (nSPS) is 17.9. The van der Waals surface area contributed by atoms with Gasteiger partial charge in [0.1, 0.15) is 6.61 Å². The van der Waals surface area contributed by atoms with Crippen LogP contribution in [0, 0.1) is 0 Å². The molecule has 6 nitrogen and oxygen atoms in total. The molecule has 1 heterocycles. The summed E-state index contributed by atoms with van der Waals surface area (Å²) in [6.45, 7) is 2.26. The van der Waals surface area contributed by atoms with Crippen LogP contribution < -0.4 is 5.32 Å². The Labute approximate surface area is 101 Å². The highest BCUT2D eigenvalue weighted by Gasteiger charge is 2.20. The number of aliphatic carboxylic acids is 1. The fraction of sp³-hybridized carbons (Fsp3) is 0.818. The Bertz CT molecular complexity index is 262. The SMILES string of the molecule is CNC(=O)CCN1CCC(OCC(=O)O)CC1. The summed E-state index contributed by atoms with van der Waals surface area (Å²) < 4.78 is 5.23. The van der Waals surface area contributed by atoms with Crippen molar-refractivity contribution in [2.75, 3.05) is 33.3 Å². The highest BCUT2D eigenvalue weighted by Crippen LogP contribution is 2.13. The molecule has 1 amide bonds. The molecule has 2 N–H and O–H groups in total. The highest BCUT2D eigenvalue weighted by atomic mass is 16.5. The topological polar surface area (TPSA) is 78.9 Å². The van der Waals surface area contributed by atoms with E-state index in [4.69, 9.17) is 9.84 Å². The minimum Gasteiger partial charge on any atom is -0.480 e. The van der Waals surface area contributed by atoms with Gasteiger partial charge < -0.3 is 20.1 Å². The number of piperidine rings is 1. The monoisotopic (exact) mass is 244 g/mol. The third-order valence-corrected chi connectivity index (χ3v) is 2.91. The van der Waals surface area contributed by atoms with E-state index in [9.17, 15) is 9.59 Å². The molecule has 0 aromatic heterocycles. The standard InChI is InChI=1S/C11H20N2O4/c1-12-10(14)4-7-13-5-2-9(3-6-13)17-8-11(15)16/h9H,2-8H2,1H3,(H,12,14)(H,15,16). The Hall–Kier alpha value is -1.14. The number of nitrogens with one attached hydrogen (secondary N) is 1. The third-order valence-electron chi connectivity index (χ3n) is 2.91. The average Bonchev–Trinajstić information content (AvgIpc) is 2.34. The first-order valence-corrected chi connectivity index (χ1v) is 5.88. The molecule has 0 aromatic carbocycles. The van der Waals surface area contributed by atoms with Crippen molar-refractivity contribution in [2.45, 2.75) is 25.4 Å². The van der Waals surface area contributed by atoms with Gasteiger partial charge in [0.05, 0.1) is 6.10 Å². The van der Waals surface area contributed by atoms with E-state index in [1.807, 2.05) is 0 Å². The maximum atomic E-state index is 11.1. The molecular weight excluding hydrogens is 224 g/mol. The maximum Gasteiger partial charge on any atom is 0.329 e. The first-order chi connectivity index (χ1) is 8.11. The van der Waals surface area contributed by atoms with Crippen LogP contribution in [0.25, 0.3) is 0 Å². The molecule has 0 spiro atoms. The molecule has 0 unspecified atom stereocenters. The van der Waals surface area contributed by atoms with Gasteiger partial charge in [0.25, 0.3) is 0 Å². The molecule has 0 saturated carbocycles. The molecule has 0 aliphatic carbocycles. The Morgan fingerprint density at radius 3 is 2.59 bits per heavy atom. The van der Waals surface area contributed by atoms with E-state index < -0.39 is 5.97 Å². The minimum atomic E-state index is -0.924. The molecular formula is C11H20N2O4.